The summed E-state index contributed by atoms with van der Waals surface area (Å²) in [5.74, 6) is -0.263. The third kappa shape index (κ3) is 3.29. The predicted molar refractivity (Wildman–Crippen MR) is 85.7 cm³/mol. The van der Waals surface area contributed by atoms with E-state index in [9.17, 15) is 4.79 Å². The molecule has 2 aromatic rings. The van der Waals surface area contributed by atoms with E-state index in [0.717, 1.165) is 35.8 Å². The molecule has 116 valence electrons. The molecule has 3 rings (SSSR count). The molecule has 4 nitrogen and oxygen atoms in total. The summed E-state index contributed by atoms with van der Waals surface area (Å²) in [6, 6.07) is 13.9. The van der Waals surface area contributed by atoms with E-state index in [-0.39, 0.29) is 12.0 Å². The minimum absolute atomic E-state index is 0.185. The summed E-state index contributed by atoms with van der Waals surface area (Å²) >= 11 is 0. The van der Waals surface area contributed by atoms with Crippen LogP contribution in [0.15, 0.2) is 42.5 Å². The molecule has 0 unspecified atom stereocenters. The van der Waals surface area contributed by atoms with Crippen molar-refractivity contribution in [3.63, 3.8) is 0 Å². The third-order valence-electron chi connectivity index (χ3n) is 4.11. The molecule has 2 atom stereocenters. The van der Waals surface area contributed by atoms with Crippen molar-refractivity contribution in [3.05, 3.63) is 48.0 Å². The molecule has 0 aliphatic carbocycles. The lowest BCUT2D eigenvalue weighted by Crippen LogP contribution is -2.42. The number of rotatable bonds is 4. The smallest absolute Gasteiger partial charge is 0.327 e. The Hall–Kier alpha value is -1.91. The molecular weight excluding hydrogens is 278 g/mol. The maximum absolute atomic E-state index is 12.2. The standard InChI is InChI=1S/C18H21NO3/c1-21-18(20)17(19-16-7-4-10-22-12-16)15-9-8-13-5-2-3-6-14(13)11-15/h2-3,5-6,8-9,11,16-17,19H,4,7,10,12H2,1H3/t16-,17+/m0/s1. The molecule has 0 radical (unpaired) electrons. The molecule has 0 spiro atoms. The fourth-order valence-electron chi connectivity index (χ4n) is 2.91. The number of carbonyl (C=O) groups is 1. The zero-order chi connectivity index (χ0) is 15.4. The highest BCUT2D eigenvalue weighted by atomic mass is 16.5. The summed E-state index contributed by atoms with van der Waals surface area (Å²) in [6.07, 6.45) is 2.03. The lowest BCUT2D eigenvalue weighted by molar-refractivity contribution is -0.143. The Balaban J connectivity index is 1.87. The molecule has 2 aromatic carbocycles. The quantitative estimate of drug-likeness (QED) is 0.882. The highest BCUT2D eigenvalue weighted by Crippen LogP contribution is 2.23. The van der Waals surface area contributed by atoms with Crippen LogP contribution in [0.1, 0.15) is 24.4 Å². The lowest BCUT2D eigenvalue weighted by atomic mass is 10.00. The number of carbonyl (C=O) groups excluding carboxylic acids is 1. The van der Waals surface area contributed by atoms with Crippen LogP contribution in [0.5, 0.6) is 0 Å². The first-order valence-corrected chi connectivity index (χ1v) is 7.68. The molecule has 22 heavy (non-hydrogen) atoms. The zero-order valence-electron chi connectivity index (χ0n) is 12.7. The number of esters is 1. The number of methoxy groups -OCH3 is 1. The first-order valence-electron chi connectivity index (χ1n) is 7.68. The van der Waals surface area contributed by atoms with E-state index in [1.165, 1.54) is 7.11 Å². The number of ether oxygens (including phenoxy) is 2. The van der Waals surface area contributed by atoms with Crippen LogP contribution in [0.3, 0.4) is 0 Å². The summed E-state index contributed by atoms with van der Waals surface area (Å²) in [7, 11) is 1.43. The molecule has 0 bridgehead atoms. The van der Waals surface area contributed by atoms with Gasteiger partial charge in [0, 0.05) is 12.6 Å². The van der Waals surface area contributed by atoms with Crippen molar-refractivity contribution in [2.75, 3.05) is 20.3 Å². The first kappa shape index (κ1) is 15.0. The van der Waals surface area contributed by atoms with Crippen molar-refractivity contribution >= 4 is 16.7 Å². The molecular formula is C18H21NO3. The summed E-state index contributed by atoms with van der Waals surface area (Å²) in [4.78, 5) is 12.2. The fraction of sp³-hybridized carbons (Fsp3) is 0.389. The minimum atomic E-state index is -0.457. The summed E-state index contributed by atoms with van der Waals surface area (Å²) in [5, 5.41) is 5.67. The number of nitrogens with one attached hydrogen (secondary N) is 1. The maximum atomic E-state index is 12.2. The second-order valence-electron chi connectivity index (χ2n) is 5.64. The van der Waals surface area contributed by atoms with Gasteiger partial charge >= 0.3 is 5.97 Å². The number of hydrogen-bond donors (Lipinski definition) is 1. The summed E-state index contributed by atoms with van der Waals surface area (Å²) in [5.41, 5.74) is 0.927. The third-order valence-corrected chi connectivity index (χ3v) is 4.11. The Morgan fingerprint density at radius 1 is 1.27 bits per heavy atom. The van der Waals surface area contributed by atoms with Gasteiger partial charge in [-0.1, -0.05) is 36.4 Å². The molecule has 0 saturated carbocycles. The molecule has 1 aliphatic heterocycles. The van der Waals surface area contributed by atoms with Gasteiger partial charge in [-0.15, -0.1) is 0 Å². The first-order chi connectivity index (χ1) is 10.8. The zero-order valence-corrected chi connectivity index (χ0v) is 12.7. The van der Waals surface area contributed by atoms with Crippen molar-refractivity contribution in [2.45, 2.75) is 24.9 Å². The van der Waals surface area contributed by atoms with Gasteiger partial charge in [0.25, 0.3) is 0 Å². The largest absolute Gasteiger partial charge is 0.468 e. The van der Waals surface area contributed by atoms with E-state index < -0.39 is 6.04 Å². The Bertz CT molecular complexity index is 650. The normalized spacial score (nSPS) is 19.8. The van der Waals surface area contributed by atoms with Gasteiger partial charge in [-0.05, 0) is 35.2 Å². The minimum Gasteiger partial charge on any atom is -0.468 e. The van der Waals surface area contributed by atoms with Crippen molar-refractivity contribution < 1.29 is 14.3 Å². The molecule has 0 amide bonds. The average Bonchev–Trinajstić information content (AvgIpc) is 2.59. The Kier molecular flexibility index (Phi) is 4.71. The van der Waals surface area contributed by atoms with E-state index >= 15 is 0 Å². The maximum Gasteiger partial charge on any atom is 0.327 e. The number of fused-ring (bicyclic) bond motifs is 1. The fourth-order valence-corrected chi connectivity index (χ4v) is 2.91. The van der Waals surface area contributed by atoms with Gasteiger partial charge < -0.3 is 9.47 Å². The van der Waals surface area contributed by atoms with Crippen molar-refractivity contribution in [2.24, 2.45) is 0 Å². The second-order valence-corrected chi connectivity index (χ2v) is 5.64. The van der Waals surface area contributed by atoms with Gasteiger partial charge in [0.15, 0.2) is 0 Å². The summed E-state index contributed by atoms with van der Waals surface area (Å²) in [6.45, 7) is 1.44. The molecule has 4 heteroatoms. The number of hydrogen-bond acceptors (Lipinski definition) is 4. The monoisotopic (exact) mass is 299 g/mol. The van der Waals surface area contributed by atoms with E-state index in [0.29, 0.717) is 6.61 Å². The number of benzene rings is 2. The molecule has 1 N–H and O–H groups in total. The Morgan fingerprint density at radius 3 is 2.82 bits per heavy atom. The highest BCUT2D eigenvalue weighted by molar-refractivity contribution is 5.85. The van der Waals surface area contributed by atoms with E-state index in [1.54, 1.807) is 0 Å². The van der Waals surface area contributed by atoms with Crippen LogP contribution >= 0.6 is 0 Å². The summed E-state index contributed by atoms with van der Waals surface area (Å²) < 4.78 is 10.5. The molecule has 0 aromatic heterocycles. The van der Waals surface area contributed by atoms with Gasteiger partial charge in [-0.25, -0.2) is 4.79 Å². The SMILES string of the molecule is COC(=O)[C@H](N[C@H]1CCCOC1)c1ccc2ccccc2c1. The van der Waals surface area contributed by atoms with E-state index in [2.05, 4.69) is 17.4 Å². The van der Waals surface area contributed by atoms with Gasteiger partial charge in [-0.2, -0.15) is 0 Å². The van der Waals surface area contributed by atoms with Gasteiger partial charge in [0.1, 0.15) is 6.04 Å². The Labute approximate surface area is 130 Å². The van der Waals surface area contributed by atoms with Gasteiger partial charge in [0.2, 0.25) is 0 Å². The van der Waals surface area contributed by atoms with Crippen LogP contribution in [0.25, 0.3) is 10.8 Å². The molecule has 1 heterocycles. The van der Waals surface area contributed by atoms with Crippen LogP contribution in [0.4, 0.5) is 0 Å². The van der Waals surface area contributed by atoms with Crippen molar-refractivity contribution in [1.82, 2.24) is 5.32 Å². The van der Waals surface area contributed by atoms with Crippen molar-refractivity contribution in [1.29, 1.82) is 0 Å². The molecule has 1 saturated heterocycles. The van der Waals surface area contributed by atoms with Crippen LogP contribution in [-0.2, 0) is 14.3 Å². The lowest BCUT2D eigenvalue weighted by Gasteiger charge is -2.27. The highest BCUT2D eigenvalue weighted by Gasteiger charge is 2.26. The second kappa shape index (κ2) is 6.90. The van der Waals surface area contributed by atoms with E-state index in [1.807, 2.05) is 30.3 Å². The Morgan fingerprint density at radius 2 is 2.09 bits per heavy atom. The molecule has 1 aliphatic rings. The predicted octanol–water partition coefficient (Wildman–Crippen LogP) is 2.82. The van der Waals surface area contributed by atoms with Crippen LogP contribution in [0.2, 0.25) is 0 Å². The van der Waals surface area contributed by atoms with Crippen LogP contribution < -0.4 is 5.32 Å². The van der Waals surface area contributed by atoms with E-state index in [4.69, 9.17) is 9.47 Å². The topological polar surface area (TPSA) is 47.6 Å². The van der Waals surface area contributed by atoms with Crippen LogP contribution in [0, 0.1) is 0 Å². The van der Waals surface area contributed by atoms with Gasteiger partial charge in [0.05, 0.1) is 13.7 Å². The van der Waals surface area contributed by atoms with Crippen LogP contribution in [-0.4, -0.2) is 32.3 Å². The van der Waals surface area contributed by atoms with Gasteiger partial charge in [-0.3, -0.25) is 5.32 Å². The average molecular weight is 299 g/mol. The molecule has 1 fully saturated rings. The van der Waals surface area contributed by atoms with Crippen molar-refractivity contribution in [3.8, 4) is 0 Å².